The van der Waals surface area contributed by atoms with Crippen molar-refractivity contribution < 1.29 is 13.5 Å². The lowest BCUT2D eigenvalue weighted by Gasteiger charge is -2.33. The number of ether oxygens (including phenoxy) is 1. The number of aromatic amines is 1. The Morgan fingerprint density at radius 1 is 1.00 bits per heavy atom. The van der Waals surface area contributed by atoms with Crippen LogP contribution < -0.4 is 9.80 Å². The topological polar surface area (TPSA) is 70.4 Å². The number of benzene rings is 2. The molecule has 160 valence electrons. The molecule has 0 bridgehead atoms. The molecule has 2 fully saturated rings. The Morgan fingerprint density at radius 3 is 2.68 bits per heavy atom. The van der Waals surface area contributed by atoms with Gasteiger partial charge in [-0.05, 0) is 43.2 Å². The predicted octanol–water partition coefficient (Wildman–Crippen LogP) is 4.06. The molecule has 2 aliphatic rings. The maximum atomic E-state index is 14.4. The van der Waals surface area contributed by atoms with E-state index < -0.39 is 0 Å². The van der Waals surface area contributed by atoms with Crippen LogP contribution in [-0.4, -0.2) is 54.6 Å². The van der Waals surface area contributed by atoms with E-state index in [1.165, 1.54) is 6.07 Å². The molecule has 4 heterocycles. The number of anilines is 2. The molecule has 2 aromatic heterocycles. The molecule has 1 N–H and O–H groups in total. The second kappa shape index (κ2) is 7.53. The minimum Gasteiger partial charge on any atom is -0.423 e. The molecular weight excluding hydrogens is 397 g/mol. The first-order valence-electron chi connectivity index (χ1n) is 10.9. The summed E-state index contributed by atoms with van der Waals surface area (Å²) in [5, 5.41) is 8.07. The van der Waals surface area contributed by atoms with Gasteiger partial charge in [0, 0.05) is 37.8 Å². The van der Waals surface area contributed by atoms with Gasteiger partial charge in [0.1, 0.15) is 11.3 Å². The van der Waals surface area contributed by atoms with E-state index in [1.54, 1.807) is 6.07 Å². The molecule has 0 unspecified atom stereocenters. The van der Waals surface area contributed by atoms with Gasteiger partial charge in [-0.15, -0.1) is 0 Å². The van der Waals surface area contributed by atoms with Gasteiger partial charge in [0.05, 0.1) is 29.8 Å². The number of piperidine rings is 1. The highest BCUT2D eigenvalue weighted by Gasteiger charge is 2.26. The van der Waals surface area contributed by atoms with Crippen LogP contribution in [0.25, 0.3) is 22.0 Å². The third-order valence-electron chi connectivity index (χ3n) is 6.45. The third-order valence-corrected chi connectivity index (χ3v) is 6.45. The molecule has 0 amide bonds. The fourth-order valence-corrected chi connectivity index (χ4v) is 4.75. The highest BCUT2D eigenvalue weighted by Crippen LogP contribution is 2.35. The van der Waals surface area contributed by atoms with E-state index in [0.717, 1.165) is 67.0 Å². The van der Waals surface area contributed by atoms with E-state index in [-0.39, 0.29) is 11.7 Å². The molecule has 8 heteroatoms. The average molecular weight is 421 g/mol. The Labute approximate surface area is 178 Å². The van der Waals surface area contributed by atoms with Crippen molar-refractivity contribution in [2.24, 2.45) is 0 Å². The van der Waals surface area contributed by atoms with Crippen LogP contribution in [0.2, 0.25) is 0 Å². The van der Waals surface area contributed by atoms with E-state index in [2.05, 4.69) is 32.1 Å². The molecule has 2 aromatic carbocycles. The zero-order valence-electron chi connectivity index (χ0n) is 17.2. The zero-order valence-corrected chi connectivity index (χ0v) is 17.2. The summed E-state index contributed by atoms with van der Waals surface area (Å²) in [6, 6.07) is 12.0. The molecule has 0 atom stereocenters. The Hall–Kier alpha value is -3.13. The first kappa shape index (κ1) is 18.6. The van der Waals surface area contributed by atoms with Crippen molar-refractivity contribution in [3.63, 3.8) is 0 Å². The number of halogens is 1. The van der Waals surface area contributed by atoms with Crippen LogP contribution >= 0.6 is 0 Å². The van der Waals surface area contributed by atoms with Crippen molar-refractivity contribution in [1.82, 2.24) is 15.2 Å². The Bertz CT molecular complexity index is 1220. The number of nitrogens with one attached hydrogen (secondary N) is 1. The molecule has 2 saturated heterocycles. The number of oxazole rings is 1. The fourth-order valence-electron chi connectivity index (χ4n) is 4.75. The molecule has 0 spiro atoms. The van der Waals surface area contributed by atoms with Crippen LogP contribution in [0.15, 0.2) is 40.8 Å². The first-order chi connectivity index (χ1) is 15.3. The Balaban J connectivity index is 1.19. The maximum Gasteiger partial charge on any atom is 0.298 e. The minimum absolute atomic E-state index is 0.198. The van der Waals surface area contributed by atoms with Crippen molar-refractivity contribution in [2.45, 2.75) is 18.8 Å². The first-order valence-corrected chi connectivity index (χ1v) is 10.9. The summed E-state index contributed by atoms with van der Waals surface area (Å²) in [6.45, 7) is 4.80. The van der Waals surface area contributed by atoms with E-state index in [9.17, 15) is 4.39 Å². The van der Waals surface area contributed by atoms with Gasteiger partial charge in [-0.1, -0.05) is 6.07 Å². The van der Waals surface area contributed by atoms with Crippen LogP contribution in [0, 0.1) is 5.82 Å². The molecule has 7 nitrogen and oxygen atoms in total. The van der Waals surface area contributed by atoms with Crippen molar-refractivity contribution >= 4 is 33.7 Å². The third kappa shape index (κ3) is 3.31. The molecule has 0 radical (unpaired) electrons. The number of fused-ring (bicyclic) bond motifs is 2. The van der Waals surface area contributed by atoms with E-state index in [4.69, 9.17) is 14.1 Å². The van der Waals surface area contributed by atoms with Gasteiger partial charge in [-0.25, -0.2) is 4.39 Å². The number of hydrogen-bond donors (Lipinski definition) is 1. The van der Waals surface area contributed by atoms with Gasteiger partial charge in [-0.2, -0.15) is 10.1 Å². The largest absolute Gasteiger partial charge is 0.423 e. The molecule has 31 heavy (non-hydrogen) atoms. The summed E-state index contributed by atoms with van der Waals surface area (Å²) in [4.78, 5) is 9.20. The monoisotopic (exact) mass is 421 g/mol. The number of morpholine rings is 1. The van der Waals surface area contributed by atoms with Gasteiger partial charge in [-0.3, -0.25) is 5.10 Å². The van der Waals surface area contributed by atoms with E-state index >= 15 is 0 Å². The molecular formula is C23H24FN5O2. The summed E-state index contributed by atoms with van der Waals surface area (Å²) in [5.41, 5.74) is 4.45. The SMILES string of the molecule is Fc1cccc2[nH]nc(C3CCN(c4ccc5oc(N6CCOCC6)nc5c4)CC3)c12. The molecule has 0 saturated carbocycles. The van der Waals surface area contributed by atoms with Crippen LogP contribution in [0.5, 0.6) is 0 Å². The van der Waals surface area contributed by atoms with Crippen LogP contribution in [0.4, 0.5) is 16.1 Å². The van der Waals surface area contributed by atoms with Crippen molar-refractivity contribution in [2.75, 3.05) is 49.2 Å². The lowest BCUT2D eigenvalue weighted by molar-refractivity contribution is 0.120. The highest BCUT2D eigenvalue weighted by molar-refractivity contribution is 5.82. The van der Waals surface area contributed by atoms with Gasteiger partial charge in [0.25, 0.3) is 6.01 Å². The molecule has 2 aliphatic heterocycles. The van der Waals surface area contributed by atoms with Crippen molar-refractivity contribution in [1.29, 1.82) is 0 Å². The lowest BCUT2D eigenvalue weighted by atomic mass is 9.91. The van der Waals surface area contributed by atoms with Crippen molar-refractivity contribution in [3.8, 4) is 0 Å². The standard InChI is InChI=1S/C23H24FN5O2/c24-17-2-1-3-18-21(17)22(27-26-18)15-6-8-28(9-7-15)16-4-5-20-19(14-16)25-23(31-20)29-10-12-30-13-11-29/h1-5,14-15H,6-13H2,(H,26,27). The number of H-pyrrole nitrogens is 1. The van der Waals surface area contributed by atoms with E-state index in [0.29, 0.717) is 24.6 Å². The summed E-state index contributed by atoms with van der Waals surface area (Å²) < 4.78 is 25.7. The number of nitrogens with zero attached hydrogens (tertiary/aromatic N) is 4. The van der Waals surface area contributed by atoms with Gasteiger partial charge in [0.2, 0.25) is 0 Å². The highest BCUT2D eigenvalue weighted by atomic mass is 19.1. The quantitative estimate of drug-likeness (QED) is 0.538. The average Bonchev–Trinajstić information content (AvgIpc) is 3.44. The number of aromatic nitrogens is 3. The van der Waals surface area contributed by atoms with Crippen LogP contribution in [0.1, 0.15) is 24.5 Å². The predicted molar refractivity (Wildman–Crippen MR) is 117 cm³/mol. The van der Waals surface area contributed by atoms with E-state index in [1.807, 2.05) is 12.1 Å². The normalized spacial score (nSPS) is 18.4. The second-order valence-corrected chi connectivity index (χ2v) is 8.28. The smallest absolute Gasteiger partial charge is 0.298 e. The lowest BCUT2D eigenvalue weighted by Crippen LogP contribution is -2.36. The zero-order chi connectivity index (χ0) is 20.8. The van der Waals surface area contributed by atoms with Gasteiger partial charge >= 0.3 is 0 Å². The summed E-state index contributed by atoms with van der Waals surface area (Å²) >= 11 is 0. The van der Waals surface area contributed by atoms with Crippen LogP contribution in [-0.2, 0) is 4.74 Å². The minimum atomic E-state index is -0.198. The summed E-state index contributed by atoms with van der Waals surface area (Å²) in [7, 11) is 0. The Kier molecular flexibility index (Phi) is 4.52. The molecule has 4 aromatic rings. The summed E-state index contributed by atoms with van der Waals surface area (Å²) in [5.74, 6) is 0.0573. The fraction of sp³-hybridized carbons (Fsp3) is 0.391. The molecule has 6 rings (SSSR count). The van der Waals surface area contributed by atoms with Crippen LogP contribution in [0.3, 0.4) is 0 Å². The Morgan fingerprint density at radius 2 is 1.84 bits per heavy atom. The molecule has 0 aliphatic carbocycles. The summed E-state index contributed by atoms with van der Waals surface area (Å²) in [6.07, 6.45) is 1.87. The van der Waals surface area contributed by atoms with Gasteiger partial charge in [0.15, 0.2) is 5.58 Å². The van der Waals surface area contributed by atoms with Crippen molar-refractivity contribution in [3.05, 3.63) is 47.9 Å². The second-order valence-electron chi connectivity index (χ2n) is 8.28. The van der Waals surface area contributed by atoms with Gasteiger partial charge < -0.3 is 19.0 Å². The number of hydrogen-bond acceptors (Lipinski definition) is 6. The maximum absolute atomic E-state index is 14.4. The number of rotatable bonds is 3.